The van der Waals surface area contributed by atoms with Crippen molar-refractivity contribution in [3.63, 3.8) is 0 Å². The molecule has 4 aromatic carbocycles. The number of para-hydroxylation sites is 2. The molecule has 1 heterocycles. The van der Waals surface area contributed by atoms with Gasteiger partial charge in [-0.2, -0.15) is 5.10 Å². The normalized spacial score (nSPS) is 11.8. The van der Waals surface area contributed by atoms with Crippen molar-refractivity contribution in [2.45, 2.75) is 19.3 Å². The summed E-state index contributed by atoms with van der Waals surface area (Å²) in [5.41, 5.74) is 3.14. The van der Waals surface area contributed by atoms with Crippen LogP contribution in [0.2, 0.25) is 0 Å². The van der Waals surface area contributed by atoms with Crippen molar-refractivity contribution in [1.29, 1.82) is 0 Å². The lowest BCUT2D eigenvalue weighted by Crippen LogP contribution is -2.33. The molecule has 0 fully saturated rings. The lowest BCUT2D eigenvalue weighted by molar-refractivity contribution is 0.106. The van der Waals surface area contributed by atoms with Gasteiger partial charge in [0.1, 0.15) is 31.7 Å². The quantitative estimate of drug-likeness (QED) is 0.198. The van der Waals surface area contributed by atoms with E-state index in [1.54, 1.807) is 0 Å². The summed E-state index contributed by atoms with van der Waals surface area (Å²) in [6, 6.07) is 33.7. The molecular weight excluding hydrogens is 490 g/mol. The van der Waals surface area contributed by atoms with E-state index >= 15 is 0 Å². The third kappa shape index (κ3) is 7.60. The van der Waals surface area contributed by atoms with Crippen LogP contribution >= 0.6 is 0 Å². The van der Waals surface area contributed by atoms with Crippen LogP contribution in [0.5, 0.6) is 17.2 Å². The fourth-order valence-electron chi connectivity index (χ4n) is 4.21. The smallest absolute Gasteiger partial charge is 0.161 e. The van der Waals surface area contributed by atoms with Crippen LogP contribution in [0.1, 0.15) is 11.1 Å². The van der Waals surface area contributed by atoms with E-state index in [9.17, 15) is 5.11 Å². The number of hydrogen-bond donors (Lipinski definition) is 2. The fraction of sp³-hybridized carbons (Fsp3) is 0.219. The van der Waals surface area contributed by atoms with E-state index < -0.39 is 6.10 Å². The number of ether oxygens (including phenoxy) is 3. The summed E-state index contributed by atoms with van der Waals surface area (Å²) >= 11 is 0. The average Bonchev–Trinajstić information content (AvgIpc) is 3.39. The van der Waals surface area contributed by atoms with Crippen molar-refractivity contribution in [2.75, 3.05) is 26.3 Å². The molecule has 5 rings (SSSR count). The summed E-state index contributed by atoms with van der Waals surface area (Å²) in [5, 5.41) is 19.3. The number of hydrogen-bond acceptors (Lipinski definition) is 6. The van der Waals surface area contributed by atoms with Gasteiger partial charge in [-0.3, -0.25) is 4.68 Å². The number of nitrogens with zero attached hydrogens (tertiary/aromatic N) is 2. The minimum atomic E-state index is -0.666. The van der Waals surface area contributed by atoms with E-state index in [0.717, 1.165) is 16.5 Å². The molecule has 0 aliphatic carbocycles. The van der Waals surface area contributed by atoms with Gasteiger partial charge < -0.3 is 24.6 Å². The molecule has 0 aliphatic rings. The van der Waals surface area contributed by atoms with Crippen LogP contribution in [0, 0.1) is 0 Å². The Balaban J connectivity index is 1.04. The number of benzene rings is 4. The second-order valence-electron chi connectivity index (χ2n) is 9.24. The fourth-order valence-corrected chi connectivity index (χ4v) is 4.21. The Kier molecular flexibility index (Phi) is 9.07. The second-order valence-corrected chi connectivity index (χ2v) is 9.24. The number of aliphatic hydroxyl groups excluding tert-OH is 1. The molecule has 0 spiro atoms. The first-order valence-corrected chi connectivity index (χ1v) is 13.1. The van der Waals surface area contributed by atoms with E-state index in [2.05, 4.69) is 22.5 Å². The molecule has 5 aromatic rings. The molecule has 0 radical (unpaired) electrons. The minimum Gasteiger partial charge on any atom is -0.490 e. The van der Waals surface area contributed by atoms with Gasteiger partial charge in [0.25, 0.3) is 0 Å². The Morgan fingerprint density at radius 1 is 0.718 bits per heavy atom. The highest BCUT2D eigenvalue weighted by molar-refractivity contribution is 5.84. The van der Waals surface area contributed by atoms with E-state index in [0.29, 0.717) is 50.1 Å². The third-order valence-corrected chi connectivity index (χ3v) is 6.18. The molecule has 7 heteroatoms. The standard InChI is InChI=1S/C32H33N3O4/c36-27(20-33-18-19-37-31-15-7-8-16-32(31)38-23-26-12-5-2-6-13-26)24-39-30-17-9-14-29-28(30)22-35(34-29)21-25-10-3-1-4-11-25/h1-17,22,27,33,36H,18-21,23-24H2. The number of nitrogens with one attached hydrogen (secondary N) is 1. The highest BCUT2D eigenvalue weighted by Crippen LogP contribution is 2.27. The van der Waals surface area contributed by atoms with E-state index in [1.807, 2.05) is 102 Å². The molecule has 1 aromatic heterocycles. The first-order valence-electron chi connectivity index (χ1n) is 13.1. The van der Waals surface area contributed by atoms with E-state index in [-0.39, 0.29) is 6.61 Å². The number of aliphatic hydroxyl groups is 1. The predicted molar refractivity (Wildman–Crippen MR) is 152 cm³/mol. The largest absolute Gasteiger partial charge is 0.490 e. The van der Waals surface area contributed by atoms with E-state index in [1.165, 1.54) is 5.56 Å². The summed E-state index contributed by atoms with van der Waals surface area (Å²) in [6.45, 7) is 2.75. The lowest BCUT2D eigenvalue weighted by atomic mass is 10.2. The number of fused-ring (bicyclic) bond motifs is 1. The van der Waals surface area contributed by atoms with Crippen molar-refractivity contribution in [3.05, 3.63) is 120 Å². The van der Waals surface area contributed by atoms with Gasteiger partial charge in [0.2, 0.25) is 0 Å². The summed E-state index contributed by atoms with van der Waals surface area (Å²) in [5.74, 6) is 2.11. The molecule has 1 unspecified atom stereocenters. The zero-order valence-electron chi connectivity index (χ0n) is 21.8. The number of rotatable bonds is 14. The third-order valence-electron chi connectivity index (χ3n) is 6.18. The SMILES string of the molecule is OC(CNCCOc1ccccc1OCc1ccccc1)COc1cccc2nn(Cc3ccccc3)cc12. The van der Waals surface area contributed by atoms with Crippen LogP contribution in [0.4, 0.5) is 0 Å². The molecule has 200 valence electrons. The zero-order valence-corrected chi connectivity index (χ0v) is 21.8. The molecule has 39 heavy (non-hydrogen) atoms. The predicted octanol–water partition coefficient (Wildman–Crippen LogP) is 5.07. The molecular formula is C32H33N3O4. The molecule has 7 nitrogen and oxygen atoms in total. The van der Waals surface area contributed by atoms with Gasteiger partial charge in [0.15, 0.2) is 11.5 Å². The van der Waals surface area contributed by atoms with Gasteiger partial charge in [-0.25, -0.2) is 0 Å². The van der Waals surface area contributed by atoms with Gasteiger partial charge in [-0.05, 0) is 35.4 Å². The van der Waals surface area contributed by atoms with Gasteiger partial charge in [0.05, 0.1) is 17.4 Å². The van der Waals surface area contributed by atoms with Crippen LogP contribution in [-0.4, -0.2) is 47.3 Å². The maximum absolute atomic E-state index is 10.5. The molecule has 0 amide bonds. The van der Waals surface area contributed by atoms with Crippen LogP contribution in [0.25, 0.3) is 10.9 Å². The maximum atomic E-state index is 10.5. The minimum absolute atomic E-state index is 0.174. The Hall–Kier alpha value is -4.33. The van der Waals surface area contributed by atoms with Crippen LogP contribution < -0.4 is 19.5 Å². The monoisotopic (exact) mass is 523 g/mol. The number of aromatic nitrogens is 2. The topological polar surface area (TPSA) is 77.8 Å². The Morgan fingerprint density at radius 2 is 1.38 bits per heavy atom. The highest BCUT2D eigenvalue weighted by atomic mass is 16.5. The van der Waals surface area contributed by atoms with Crippen molar-refractivity contribution in [3.8, 4) is 17.2 Å². The Bertz CT molecular complexity index is 1440. The van der Waals surface area contributed by atoms with Gasteiger partial charge in [-0.1, -0.05) is 78.9 Å². The molecule has 0 aliphatic heterocycles. The first-order chi connectivity index (χ1) is 19.2. The van der Waals surface area contributed by atoms with Crippen molar-refractivity contribution in [1.82, 2.24) is 15.1 Å². The average molecular weight is 524 g/mol. The lowest BCUT2D eigenvalue weighted by Gasteiger charge is -2.15. The van der Waals surface area contributed by atoms with Gasteiger partial charge >= 0.3 is 0 Å². The Labute approximate surface area is 228 Å². The van der Waals surface area contributed by atoms with E-state index in [4.69, 9.17) is 14.2 Å². The zero-order chi connectivity index (χ0) is 26.7. The van der Waals surface area contributed by atoms with Crippen LogP contribution in [-0.2, 0) is 13.2 Å². The highest BCUT2D eigenvalue weighted by Gasteiger charge is 2.11. The first kappa shape index (κ1) is 26.3. The molecule has 0 saturated heterocycles. The van der Waals surface area contributed by atoms with Crippen molar-refractivity contribution >= 4 is 10.9 Å². The summed E-state index contributed by atoms with van der Waals surface area (Å²) in [7, 11) is 0. The second kappa shape index (κ2) is 13.5. The molecule has 0 bridgehead atoms. The van der Waals surface area contributed by atoms with Crippen molar-refractivity contribution < 1.29 is 19.3 Å². The maximum Gasteiger partial charge on any atom is 0.161 e. The van der Waals surface area contributed by atoms with Crippen LogP contribution in [0.15, 0.2) is 109 Å². The van der Waals surface area contributed by atoms with Gasteiger partial charge in [-0.15, -0.1) is 0 Å². The molecule has 0 saturated carbocycles. The van der Waals surface area contributed by atoms with Crippen molar-refractivity contribution in [2.24, 2.45) is 0 Å². The molecule has 2 N–H and O–H groups in total. The Morgan fingerprint density at radius 3 is 2.15 bits per heavy atom. The van der Waals surface area contributed by atoms with Gasteiger partial charge in [0, 0.05) is 19.3 Å². The molecule has 1 atom stereocenters. The van der Waals surface area contributed by atoms with Crippen LogP contribution in [0.3, 0.4) is 0 Å². The summed E-state index contributed by atoms with van der Waals surface area (Å²) in [6.07, 6.45) is 1.32. The summed E-state index contributed by atoms with van der Waals surface area (Å²) in [4.78, 5) is 0. The summed E-state index contributed by atoms with van der Waals surface area (Å²) < 4.78 is 19.7.